The molecule has 8 heteroatoms. The fourth-order valence-electron chi connectivity index (χ4n) is 3.53. The largest absolute Gasteiger partial charge is 0.383 e. The topological polar surface area (TPSA) is 110 Å². The van der Waals surface area contributed by atoms with E-state index in [4.69, 9.17) is 10.5 Å². The van der Waals surface area contributed by atoms with Crippen molar-refractivity contribution in [3.05, 3.63) is 92.1 Å². The van der Waals surface area contributed by atoms with Crippen molar-refractivity contribution in [2.45, 2.75) is 39.3 Å². The van der Waals surface area contributed by atoms with Crippen molar-refractivity contribution in [1.82, 2.24) is 9.55 Å². The molecule has 0 unspecified atom stereocenters. The van der Waals surface area contributed by atoms with Gasteiger partial charge >= 0.3 is 5.69 Å². The van der Waals surface area contributed by atoms with E-state index in [0.717, 1.165) is 11.1 Å². The summed E-state index contributed by atoms with van der Waals surface area (Å²) in [5, 5.41) is 0. The summed E-state index contributed by atoms with van der Waals surface area (Å²) >= 11 is 0. The van der Waals surface area contributed by atoms with Gasteiger partial charge in [0.05, 0.1) is 19.7 Å². The molecule has 8 nitrogen and oxygen atoms in total. The molecule has 1 aromatic heterocycles. The highest BCUT2D eigenvalue weighted by Gasteiger charge is 2.26. The summed E-state index contributed by atoms with van der Waals surface area (Å²) in [6.07, 6.45) is 0. The molecule has 0 bridgehead atoms. The van der Waals surface area contributed by atoms with Crippen LogP contribution in [0, 0.1) is 0 Å². The second-order valence-corrected chi connectivity index (χ2v) is 8.84. The zero-order valence-corrected chi connectivity index (χ0v) is 19.4. The number of methoxy groups -OCH3 is 1. The van der Waals surface area contributed by atoms with Crippen LogP contribution >= 0.6 is 0 Å². The number of amides is 1. The highest BCUT2D eigenvalue weighted by molar-refractivity contribution is 6.07. The number of nitrogen functional groups attached to an aromatic ring is 1. The summed E-state index contributed by atoms with van der Waals surface area (Å²) < 4.78 is 6.25. The molecule has 0 fully saturated rings. The van der Waals surface area contributed by atoms with E-state index < -0.39 is 17.2 Å². The zero-order valence-electron chi connectivity index (χ0n) is 19.4. The van der Waals surface area contributed by atoms with E-state index in [0.29, 0.717) is 5.56 Å². The molecule has 0 saturated heterocycles. The molecule has 3 rings (SSSR count). The Balaban J connectivity index is 2.12. The first-order chi connectivity index (χ1) is 15.6. The summed E-state index contributed by atoms with van der Waals surface area (Å²) in [5.74, 6) is -0.482. The number of benzene rings is 2. The summed E-state index contributed by atoms with van der Waals surface area (Å²) in [6.45, 7) is 6.74. The lowest BCUT2D eigenvalue weighted by molar-refractivity contribution is 0.0984. The summed E-state index contributed by atoms with van der Waals surface area (Å²) in [6, 6.07) is 16.6. The first-order valence-corrected chi connectivity index (χ1v) is 10.7. The second kappa shape index (κ2) is 9.87. The van der Waals surface area contributed by atoms with Gasteiger partial charge in [0.2, 0.25) is 0 Å². The first kappa shape index (κ1) is 24.0. The second-order valence-electron chi connectivity index (χ2n) is 8.84. The van der Waals surface area contributed by atoms with Crippen LogP contribution in [-0.2, 0) is 23.2 Å². The minimum absolute atomic E-state index is 0.0657. The fourth-order valence-corrected chi connectivity index (χ4v) is 3.53. The van der Waals surface area contributed by atoms with Crippen molar-refractivity contribution >= 4 is 17.4 Å². The molecule has 2 aromatic carbocycles. The molecular weight excluding hydrogens is 420 g/mol. The van der Waals surface area contributed by atoms with E-state index in [2.05, 4.69) is 25.8 Å². The Morgan fingerprint density at radius 1 is 1.06 bits per heavy atom. The summed E-state index contributed by atoms with van der Waals surface area (Å²) in [5.41, 5.74) is 7.06. The van der Waals surface area contributed by atoms with E-state index in [9.17, 15) is 14.4 Å². The smallest absolute Gasteiger partial charge is 0.330 e. The number of H-pyrrole nitrogens is 1. The lowest BCUT2D eigenvalue weighted by atomic mass is 9.86. The monoisotopic (exact) mass is 450 g/mol. The molecule has 1 amide bonds. The Bertz CT molecular complexity index is 1220. The average molecular weight is 451 g/mol. The van der Waals surface area contributed by atoms with Crippen LogP contribution in [0.2, 0.25) is 0 Å². The number of hydrogen-bond acceptors (Lipinski definition) is 5. The Kier molecular flexibility index (Phi) is 7.18. The predicted octanol–water partition coefficient (Wildman–Crippen LogP) is 2.91. The fraction of sp³-hybridized carbons (Fsp3) is 0.320. The van der Waals surface area contributed by atoms with Gasteiger partial charge in [-0.15, -0.1) is 0 Å². The van der Waals surface area contributed by atoms with E-state index in [-0.39, 0.29) is 36.6 Å². The third-order valence-electron chi connectivity index (χ3n) is 5.43. The lowest BCUT2D eigenvalue weighted by Crippen LogP contribution is -2.41. The minimum atomic E-state index is -0.721. The third-order valence-corrected chi connectivity index (χ3v) is 5.43. The van der Waals surface area contributed by atoms with Crippen LogP contribution in [0.1, 0.15) is 42.3 Å². The average Bonchev–Trinajstić information content (AvgIpc) is 2.78. The van der Waals surface area contributed by atoms with Crippen molar-refractivity contribution in [3.63, 3.8) is 0 Å². The van der Waals surface area contributed by atoms with Gasteiger partial charge in [-0.1, -0.05) is 63.2 Å². The molecule has 0 spiro atoms. The van der Waals surface area contributed by atoms with Crippen LogP contribution in [0.3, 0.4) is 0 Å². The number of carbonyl (C=O) groups excluding carboxylic acids is 1. The standard InChI is InChI=1S/C25H30N4O4/c1-25(2,3)19-12-10-18(11-13-19)23(31)29(16-17-8-6-5-7-9-17)20-21(26)28(14-15-33-4)24(32)27-22(20)30/h5-13H,14-16,26H2,1-4H3,(H,27,30,32). The molecule has 174 valence electrons. The van der Waals surface area contributed by atoms with Crippen LogP contribution in [0.4, 0.5) is 11.5 Å². The summed E-state index contributed by atoms with van der Waals surface area (Å²) in [4.78, 5) is 42.4. The number of rotatable bonds is 7. The molecule has 0 atom stereocenters. The van der Waals surface area contributed by atoms with Crippen molar-refractivity contribution in [2.75, 3.05) is 24.4 Å². The number of hydrogen-bond donors (Lipinski definition) is 2. The number of nitrogens with one attached hydrogen (secondary N) is 1. The Morgan fingerprint density at radius 3 is 2.27 bits per heavy atom. The Hall–Kier alpha value is -3.65. The van der Waals surface area contributed by atoms with Crippen molar-refractivity contribution < 1.29 is 9.53 Å². The van der Waals surface area contributed by atoms with Gasteiger partial charge < -0.3 is 10.5 Å². The molecule has 33 heavy (non-hydrogen) atoms. The van der Waals surface area contributed by atoms with Crippen LogP contribution in [-0.4, -0.2) is 29.2 Å². The molecule has 3 aromatic rings. The highest BCUT2D eigenvalue weighted by atomic mass is 16.5. The maximum atomic E-state index is 13.6. The number of ether oxygens (including phenoxy) is 1. The maximum absolute atomic E-state index is 13.6. The molecule has 0 aliphatic heterocycles. The van der Waals surface area contributed by atoms with Gasteiger partial charge in [-0.05, 0) is 28.7 Å². The van der Waals surface area contributed by atoms with E-state index in [1.807, 2.05) is 42.5 Å². The Labute approximate surface area is 192 Å². The lowest BCUT2D eigenvalue weighted by Gasteiger charge is -2.25. The first-order valence-electron chi connectivity index (χ1n) is 10.7. The number of aromatic nitrogens is 2. The number of aromatic amines is 1. The Morgan fingerprint density at radius 2 is 1.70 bits per heavy atom. The molecule has 1 heterocycles. The highest BCUT2D eigenvalue weighted by Crippen LogP contribution is 2.25. The van der Waals surface area contributed by atoms with Gasteiger partial charge in [-0.25, -0.2) is 4.79 Å². The zero-order chi connectivity index (χ0) is 24.2. The maximum Gasteiger partial charge on any atom is 0.330 e. The number of carbonyl (C=O) groups is 1. The van der Waals surface area contributed by atoms with Crippen molar-refractivity contribution in [3.8, 4) is 0 Å². The van der Waals surface area contributed by atoms with E-state index in [1.54, 1.807) is 12.1 Å². The van der Waals surface area contributed by atoms with Gasteiger partial charge in [0, 0.05) is 12.7 Å². The van der Waals surface area contributed by atoms with Gasteiger partial charge in [0.1, 0.15) is 5.82 Å². The van der Waals surface area contributed by atoms with Crippen molar-refractivity contribution in [2.24, 2.45) is 0 Å². The predicted molar refractivity (Wildman–Crippen MR) is 130 cm³/mol. The molecular formula is C25H30N4O4. The van der Waals surface area contributed by atoms with Crippen LogP contribution in [0.15, 0.2) is 64.2 Å². The van der Waals surface area contributed by atoms with Crippen molar-refractivity contribution in [1.29, 1.82) is 0 Å². The molecule has 0 radical (unpaired) electrons. The number of nitrogens with two attached hydrogens (primary N) is 1. The SMILES string of the molecule is COCCn1c(N)c(N(Cc2ccccc2)C(=O)c2ccc(C(C)(C)C)cc2)c(=O)[nH]c1=O. The number of anilines is 2. The molecule has 0 aliphatic rings. The van der Waals surface area contributed by atoms with Crippen LogP contribution in [0.25, 0.3) is 0 Å². The van der Waals surface area contributed by atoms with Gasteiger partial charge in [0.15, 0.2) is 5.69 Å². The molecule has 0 aliphatic carbocycles. The molecule has 3 N–H and O–H groups in total. The van der Waals surface area contributed by atoms with Gasteiger partial charge in [0.25, 0.3) is 11.5 Å². The third kappa shape index (κ3) is 5.40. The molecule has 0 saturated carbocycles. The van der Waals surface area contributed by atoms with E-state index >= 15 is 0 Å². The van der Waals surface area contributed by atoms with E-state index in [1.165, 1.54) is 16.6 Å². The van der Waals surface area contributed by atoms with Crippen LogP contribution in [0.5, 0.6) is 0 Å². The van der Waals surface area contributed by atoms with Gasteiger partial charge in [-0.3, -0.25) is 24.0 Å². The quantitative estimate of drug-likeness (QED) is 0.575. The normalized spacial score (nSPS) is 11.4. The summed E-state index contributed by atoms with van der Waals surface area (Å²) in [7, 11) is 1.50. The number of nitrogens with zero attached hydrogens (tertiary/aromatic N) is 2. The minimum Gasteiger partial charge on any atom is -0.383 e. The van der Waals surface area contributed by atoms with Gasteiger partial charge in [-0.2, -0.15) is 0 Å². The van der Waals surface area contributed by atoms with Crippen LogP contribution < -0.4 is 21.9 Å².